The number of hydrogen-bond acceptors (Lipinski definition) is 6. The highest BCUT2D eigenvalue weighted by atomic mass is 32.1. The standard InChI is InChI=1S/C19H31N3O3S/c1-12(2)10-19(17(24)25-18(3,4)5)11-13(16(23)22(6)7)14(21-19)15-20-8-9-26-15/h8-9,12-14,21H,10-11H2,1-7H3/t13-,14+,19-/m0/s1. The third-order valence-electron chi connectivity index (χ3n) is 4.42. The zero-order valence-corrected chi connectivity index (χ0v) is 17.6. The van der Waals surface area contributed by atoms with Gasteiger partial charge in [-0.15, -0.1) is 11.3 Å². The average Bonchev–Trinajstić information content (AvgIpc) is 3.11. The fourth-order valence-corrected chi connectivity index (χ4v) is 4.33. The number of carbonyl (C=O) groups is 2. The van der Waals surface area contributed by atoms with E-state index in [-0.39, 0.29) is 29.8 Å². The van der Waals surface area contributed by atoms with Crippen molar-refractivity contribution in [1.82, 2.24) is 15.2 Å². The summed E-state index contributed by atoms with van der Waals surface area (Å²) in [6.45, 7) is 9.75. The van der Waals surface area contributed by atoms with E-state index < -0.39 is 11.1 Å². The first-order valence-corrected chi connectivity index (χ1v) is 9.95. The van der Waals surface area contributed by atoms with E-state index in [1.54, 1.807) is 25.2 Å². The Balaban J connectivity index is 2.42. The third kappa shape index (κ3) is 4.62. The lowest BCUT2D eigenvalue weighted by Gasteiger charge is -2.33. The van der Waals surface area contributed by atoms with Gasteiger partial charge >= 0.3 is 5.97 Å². The van der Waals surface area contributed by atoms with Gasteiger partial charge < -0.3 is 9.64 Å². The summed E-state index contributed by atoms with van der Waals surface area (Å²) in [5.41, 5.74) is -1.46. The topological polar surface area (TPSA) is 71.5 Å². The maximum Gasteiger partial charge on any atom is 0.326 e. The molecule has 1 saturated heterocycles. The van der Waals surface area contributed by atoms with E-state index in [0.717, 1.165) is 5.01 Å². The molecule has 1 aromatic heterocycles. The number of thiazole rings is 1. The van der Waals surface area contributed by atoms with Crippen LogP contribution in [0.4, 0.5) is 0 Å². The summed E-state index contributed by atoms with van der Waals surface area (Å²) in [7, 11) is 3.49. The van der Waals surface area contributed by atoms with E-state index in [1.165, 1.54) is 11.3 Å². The lowest BCUT2D eigenvalue weighted by molar-refractivity contribution is -0.163. The summed E-state index contributed by atoms with van der Waals surface area (Å²) >= 11 is 1.50. The first-order chi connectivity index (χ1) is 11.9. The van der Waals surface area contributed by atoms with Crippen molar-refractivity contribution in [1.29, 1.82) is 0 Å². The Bertz CT molecular complexity index is 637. The van der Waals surface area contributed by atoms with Gasteiger partial charge in [0, 0.05) is 25.7 Å². The number of rotatable bonds is 5. The van der Waals surface area contributed by atoms with Crippen LogP contribution >= 0.6 is 11.3 Å². The number of nitrogens with one attached hydrogen (secondary N) is 1. The minimum absolute atomic E-state index is 0.00638. The van der Waals surface area contributed by atoms with Crippen LogP contribution in [0.15, 0.2) is 11.6 Å². The molecule has 0 spiro atoms. The molecule has 1 fully saturated rings. The van der Waals surface area contributed by atoms with E-state index in [4.69, 9.17) is 4.74 Å². The number of esters is 1. The predicted molar refractivity (Wildman–Crippen MR) is 103 cm³/mol. The van der Waals surface area contributed by atoms with Crippen LogP contribution < -0.4 is 5.32 Å². The van der Waals surface area contributed by atoms with Gasteiger partial charge in [-0.1, -0.05) is 13.8 Å². The maximum atomic E-state index is 13.1. The van der Waals surface area contributed by atoms with Gasteiger partial charge in [0.1, 0.15) is 16.1 Å². The summed E-state index contributed by atoms with van der Waals surface area (Å²) in [5.74, 6) is -0.344. The molecule has 7 heteroatoms. The van der Waals surface area contributed by atoms with Crippen molar-refractivity contribution in [3.05, 3.63) is 16.6 Å². The molecule has 146 valence electrons. The molecule has 0 aliphatic carbocycles. The van der Waals surface area contributed by atoms with Crippen LogP contribution in [0.25, 0.3) is 0 Å². The molecule has 0 radical (unpaired) electrons. The molecule has 0 bridgehead atoms. The molecule has 2 rings (SSSR count). The summed E-state index contributed by atoms with van der Waals surface area (Å²) in [6, 6.07) is -0.281. The SMILES string of the molecule is CC(C)C[C@@]1(C(=O)OC(C)(C)C)C[C@H](C(=O)N(C)C)[C@H](c2nccs2)N1. The summed E-state index contributed by atoms with van der Waals surface area (Å²) < 4.78 is 5.74. The van der Waals surface area contributed by atoms with Gasteiger partial charge in [0.2, 0.25) is 5.91 Å². The van der Waals surface area contributed by atoms with Crippen LogP contribution in [-0.4, -0.2) is 47.0 Å². The second-order valence-electron chi connectivity index (χ2n) is 8.72. The number of aromatic nitrogens is 1. The average molecular weight is 382 g/mol. The van der Waals surface area contributed by atoms with Crippen LogP contribution in [0.1, 0.15) is 58.5 Å². The number of amides is 1. The highest BCUT2D eigenvalue weighted by Gasteiger charge is 2.55. The minimum Gasteiger partial charge on any atom is -0.459 e. The van der Waals surface area contributed by atoms with Crippen molar-refractivity contribution < 1.29 is 14.3 Å². The Labute approximate surface area is 160 Å². The molecule has 3 atom stereocenters. The van der Waals surface area contributed by atoms with Crippen LogP contribution in [0.2, 0.25) is 0 Å². The molecule has 6 nitrogen and oxygen atoms in total. The van der Waals surface area contributed by atoms with E-state index in [9.17, 15) is 9.59 Å². The van der Waals surface area contributed by atoms with Crippen molar-refractivity contribution in [3.8, 4) is 0 Å². The van der Waals surface area contributed by atoms with Gasteiger partial charge in [0.25, 0.3) is 0 Å². The van der Waals surface area contributed by atoms with E-state index >= 15 is 0 Å². The van der Waals surface area contributed by atoms with E-state index in [1.807, 2.05) is 26.2 Å². The number of ether oxygens (including phenoxy) is 1. The van der Waals surface area contributed by atoms with Crippen LogP contribution in [0, 0.1) is 11.8 Å². The Kier molecular flexibility index (Phi) is 6.13. The van der Waals surface area contributed by atoms with Gasteiger partial charge in [-0.2, -0.15) is 0 Å². The lowest BCUT2D eigenvalue weighted by Crippen LogP contribution is -2.52. The Morgan fingerprint density at radius 3 is 2.54 bits per heavy atom. The second kappa shape index (κ2) is 7.64. The van der Waals surface area contributed by atoms with Gasteiger partial charge in [-0.3, -0.25) is 14.9 Å². The third-order valence-corrected chi connectivity index (χ3v) is 5.28. The zero-order chi connectivity index (χ0) is 19.7. The van der Waals surface area contributed by atoms with Crippen molar-refractivity contribution in [2.45, 2.75) is 64.6 Å². The molecule has 1 amide bonds. The molecule has 1 aliphatic rings. The zero-order valence-electron chi connectivity index (χ0n) is 16.8. The van der Waals surface area contributed by atoms with Gasteiger partial charge in [0.15, 0.2) is 0 Å². The van der Waals surface area contributed by atoms with Crippen molar-refractivity contribution in [3.63, 3.8) is 0 Å². The molecule has 1 N–H and O–H groups in total. The number of nitrogens with zero attached hydrogens (tertiary/aromatic N) is 2. The van der Waals surface area contributed by atoms with Crippen LogP contribution in [0.3, 0.4) is 0 Å². The van der Waals surface area contributed by atoms with Crippen LogP contribution in [0.5, 0.6) is 0 Å². The highest BCUT2D eigenvalue weighted by Crippen LogP contribution is 2.43. The largest absolute Gasteiger partial charge is 0.459 e. The smallest absolute Gasteiger partial charge is 0.326 e. The maximum absolute atomic E-state index is 13.1. The summed E-state index contributed by atoms with van der Waals surface area (Å²) in [6.07, 6.45) is 2.76. The minimum atomic E-state index is -0.881. The molecular weight excluding hydrogens is 350 g/mol. The quantitative estimate of drug-likeness (QED) is 0.794. The van der Waals surface area contributed by atoms with Crippen molar-refractivity contribution in [2.24, 2.45) is 11.8 Å². The normalized spacial score (nSPS) is 26.2. The van der Waals surface area contributed by atoms with E-state index in [2.05, 4.69) is 24.1 Å². The lowest BCUT2D eigenvalue weighted by atomic mass is 9.84. The fourth-order valence-electron chi connectivity index (χ4n) is 3.57. The molecule has 1 aromatic rings. The van der Waals surface area contributed by atoms with Crippen molar-refractivity contribution >= 4 is 23.2 Å². The Morgan fingerprint density at radius 2 is 2.08 bits per heavy atom. The monoisotopic (exact) mass is 381 g/mol. The fraction of sp³-hybridized carbons (Fsp3) is 0.737. The number of carbonyl (C=O) groups excluding carboxylic acids is 2. The molecule has 0 saturated carbocycles. The summed E-state index contributed by atoms with van der Waals surface area (Å²) in [5, 5.41) is 6.20. The molecule has 2 heterocycles. The van der Waals surface area contributed by atoms with Gasteiger partial charge in [-0.25, -0.2) is 4.98 Å². The first kappa shape index (κ1) is 20.8. The molecule has 26 heavy (non-hydrogen) atoms. The summed E-state index contributed by atoms with van der Waals surface area (Å²) in [4.78, 5) is 32.0. The van der Waals surface area contributed by atoms with Gasteiger partial charge in [0.05, 0.1) is 12.0 Å². The highest BCUT2D eigenvalue weighted by molar-refractivity contribution is 7.09. The second-order valence-corrected chi connectivity index (χ2v) is 9.64. The Hall–Kier alpha value is -1.47. The molecule has 0 unspecified atom stereocenters. The Morgan fingerprint density at radius 1 is 1.42 bits per heavy atom. The van der Waals surface area contributed by atoms with E-state index in [0.29, 0.717) is 12.8 Å². The predicted octanol–water partition coefficient (Wildman–Crippen LogP) is 3.01. The molecule has 1 aliphatic heterocycles. The first-order valence-electron chi connectivity index (χ1n) is 9.07. The number of hydrogen-bond donors (Lipinski definition) is 1. The van der Waals surface area contributed by atoms with Gasteiger partial charge in [-0.05, 0) is 39.5 Å². The molecule has 0 aromatic carbocycles. The molecular formula is C19H31N3O3S. The van der Waals surface area contributed by atoms with Crippen LogP contribution in [-0.2, 0) is 14.3 Å². The van der Waals surface area contributed by atoms with Crippen molar-refractivity contribution in [2.75, 3.05) is 14.1 Å².